The Morgan fingerprint density at radius 3 is 1.91 bits per heavy atom. The van der Waals surface area contributed by atoms with E-state index in [9.17, 15) is 0 Å². The number of halogens is 1. The third-order valence-electron chi connectivity index (χ3n) is 2.88. The molecule has 1 aliphatic rings. The van der Waals surface area contributed by atoms with Crippen molar-refractivity contribution in [2.75, 3.05) is 5.88 Å². The lowest BCUT2D eigenvalue weighted by Gasteiger charge is -2.28. The minimum Gasteiger partial charge on any atom is -0.126 e. The lowest BCUT2D eigenvalue weighted by Crippen LogP contribution is -2.19. The van der Waals surface area contributed by atoms with E-state index in [1.807, 2.05) is 0 Å². The zero-order chi connectivity index (χ0) is 8.16. The fourth-order valence-corrected chi connectivity index (χ4v) is 2.16. The molecule has 1 aliphatic carbocycles. The first-order valence-corrected chi connectivity index (χ1v) is 5.36. The summed E-state index contributed by atoms with van der Waals surface area (Å²) in [4.78, 5) is 0. The summed E-state index contributed by atoms with van der Waals surface area (Å²) in [6, 6.07) is 0. The standard InChI is InChI=1S/C10H19Cl/c1-10(9-11)7-5-3-2-4-6-8-10/h2-9H2,1H3. The van der Waals surface area contributed by atoms with Crippen LogP contribution in [-0.4, -0.2) is 5.88 Å². The summed E-state index contributed by atoms with van der Waals surface area (Å²) in [6.45, 7) is 2.34. The van der Waals surface area contributed by atoms with Crippen LogP contribution < -0.4 is 0 Å². The van der Waals surface area contributed by atoms with E-state index in [-0.39, 0.29) is 0 Å². The van der Waals surface area contributed by atoms with Crippen LogP contribution in [0.3, 0.4) is 0 Å². The van der Waals surface area contributed by atoms with Crippen molar-refractivity contribution in [3.63, 3.8) is 0 Å². The van der Waals surface area contributed by atoms with Gasteiger partial charge in [0.25, 0.3) is 0 Å². The molecule has 0 heterocycles. The molecule has 0 aromatic heterocycles. The van der Waals surface area contributed by atoms with E-state index in [1.165, 1.54) is 44.9 Å². The summed E-state index contributed by atoms with van der Waals surface area (Å²) >= 11 is 5.95. The van der Waals surface area contributed by atoms with Crippen LogP contribution in [0.5, 0.6) is 0 Å². The minimum atomic E-state index is 0.460. The average molecular weight is 175 g/mol. The van der Waals surface area contributed by atoms with Crippen LogP contribution in [0, 0.1) is 5.41 Å². The molecule has 0 atom stereocenters. The van der Waals surface area contributed by atoms with E-state index in [0.717, 1.165) is 5.88 Å². The lowest BCUT2D eigenvalue weighted by atomic mass is 9.80. The maximum absolute atomic E-state index is 5.95. The molecule has 0 saturated heterocycles. The van der Waals surface area contributed by atoms with Crippen LogP contribution in [-0.2, 0) is 0 Å². The van der Waals surface area contributed by atoms with E-state index in [2.05, 4.69) is 6.92 Å². The number of alkyl halides is 1. The van der Waals surface area contributed by atoms with Gasteiger partial charge in [0, 0.05) is 5.88 Å². The van der Waals surface area contributed by atoms with E-state index >= 15 is 0 Å². The number of rotatable bonds is 1. The summed E-state index contributed by atoms with van der Waals surface area (Å²) < 4.78 is 0. The summed E-state index contributed by atoms with van der Waals surface area (Å²) in [5, 5.41) is 0. The van der Waals surface area contributed by atoms with Crippen LogP contribution >= 0.6 is 11.6 Å². The quantitative estimate of drug-likeness (QED) is 0.528. The predicted octanol–water partition coefficient (Wildman–Crippen LogP) is 3.98. The smallest absolute Gasteiger partial charge is 0.0277 e. The maximum Gasteiger partial charge on any atom is 0.0277 e. The summed E-state index contributed by atoms with van der Waals surface area (Å²) in [6.07, 6.45) is 9.76. The Balaban J connectivity index is 2.37. The monoisotopic (exact) mass is 174 g/mol. The van der Waals surface area contributed by atoms with Crippen molar-refractivity contribution in [1.29, 1.82) is 0 Å². The highest BCUT2D eigenvalue weighted by molar-refractivity contribution is 6.18. The molecule has 0 amide bonds. The molecule has 66 valence electrons. The van der Waals surface area contributed by atoms with Crippen molar-refractivity contribution in [1.82, 2.24) is 0 Å². The van der Waals surface area contributed by atoms with E-state index in [4.69, 9.17) is 11.6 Å². The van der Waals surface area contributed by atoms with Crippen LogP contribution in [0.4, 0.5) is 0 Å². The molecule has 0 bridgehead atoms. The van der Waals surface area contributed by atoms with Crippen molar-refractivity contribution in [3.8, 4) is 0 Å². The highest BCUT2D eigenvalue weighted by atomic mass is 35.5. The van der Waals surface area contributed by atoms with E-state index in [0.29, 0.717) is 5.41 Å². The molecule has 11 heavy (non-hydrogen) atoms. The molecule has 0 N–H and O–H groups in total. The molecule has 0 nitrogen and oxygen atoms in total. The first-order chi connectivity index (χ1) is 5.27. The molecule has 0 aromatic rings. The Morgan fingerprint density at radius 2 is 1.45 bits per heavy atom. The van der Waals surface area contributed by atoms with Gasteiger partial charge in [0.2, 0.25) is 0 Å². The van der Waals surface area contributed by atoms with Crippen LogP contribution in [0.1, 0.15) is 51.9 Å². The highest BCUT2D eigenvalue weighted by Gasteiger charge is 2.23. The molecule has 1 rings (SSSR count). The van der Waals surface area contributed by atoms with Crippen LogP contribution in [0.15, 0.2) is 0 Å². The largest absolute Gasteiger partial charge is 0.126 e. The third-order valence-corrected chi connectivity index (χ3v) is 3.53. The first kappa shape index (κ1) is 9.38. The Hall–Kier alpha value is 0.290. The van der Waals surface area contributed by atoms with Gasteiger partial charge in [0.15, 0.2) is 0 Å². The fourth-order valence-electron chi connectivity index (χ4n) is 1.89. The van der Waals surface area contributed by atoms with Gasteiger partial charge in [-0.3, -0.25) is 0 Å². The lowest BCUT2D eigenvalue weighted by molar-refractivity contribution is 0.271. The second-order valence-electron chi connectivity index (χ2n) is 4.21. The topological polar surface area (TPSA) is 0 Å². The molecular weight excluding hydrogens is 156 g/mol. The van der Waals surface area contributed by atoms with Gasteiger partial charge in [0.1, 0.15) is 0 Å². The van der Waals surface area contributed by atoms with Crippen LogP contribution in [0.2, 0.25) is 0 Å². The van der Waals surface area contributed by atoms with Crippen molar-refractivity contribution in [2.45, 2.75) is 51.9 Å². The molecule has 1 heteroatoms. The fraction of sp³-hybridized carbons (Fsp3) is 1.00. The predicted molar refractivity (Wildman–Crippen MR) is 51.1 cm³/mol. The van der Waals surface area contributed by atoms with Gasteiger partial charge >= 0.3 is 0 Å². The molecule has 1 fully saturated rings. The maximum atomic E-state index is 5.95. The van der Waals surface area contributed by atoms with Crippen molar-refractivity contribution in [2.24, 2.45) is 5.41 Å². The average Bonchev–Trinajstić information content (AvgIpc) is 1.98. The van der Waals surface area contributed by atoms with Gasteiger partial charge in [-0.05, 0) is 18.3 Å². The molecule has 0 aliphatic heterocycles. The van der Waals surface area contributed by atoms with Gasteiger partial charge in [-0.1, -0.05) is 39.0 Å². The van der Waals surface area contributed by atoms with Crippen molar-refractivity contribution >= 4 is 11.6 Å². The molecule has 0 spiro atoms. The number of hydrogen-bond donors (Lipinski definition) is 0. The normalized spacial score (nSPS) is 25.6. The van der Waals surface area contributed by atoms with Gasteiger partial charge in [-0.15, -0.1) is 11.6 Å². The molecule has 0 unspecified atom stereocenters. The summed E-state index contributed by atoms with van der Waals surface area (Å²) in [7, 11) is 0. The zero-order valence-corrected chi connectivity index (χ0v) is 8.29. The Labute approximate surface area is 75.3 Å². The van der Waals surface area contributed by atoms with Crippen molar-refractivity contribution in [3.05, 3.63) is 0 Å². The van der Waals surface area contributed by atoms with Gasteiger partial charge < -0.3 is 0 Å². The number of hydrogen-bond acceptors (Lipinski definition) is 0. The Kier molecular flexibility index (Phi) is 3.71. The van der Waals surface area contributed by atoms with E-state index < -0.39 is 0 Å². The van der Waals surface area contributed by atoms with Gasteiger partial charge in [-0.2, -0.15) is 0 Å². The first-order valence-electron chi connectivity index (χ1n) is 4.83. The summed E-state index contributed by atoms with van der Waals surface area (Å²) in [5.41, 5.74) is 0.460. The second-order valence-corrected chi connectivity index (χ2v) is 4.48. The van der Waals surface area contributed by atoms with Gasteiger partial charge in [-0.25, -0.2) is 0 Å². The third kappa shape index (κ3) is 3.02. The van der Waals surface area contributed by atoms with Gasteiger partial charge in [0.05, 0.1) is 0 Å². The molecule has 1 saturated carbocycles. The molecule has 0 aromatic carbocycles. The zero-order valence-electron chi connectivity index (χ0n) is 7.53. The van der Waals surface area contributed by atoms with E-state index in [1.54, 1.807) is 0 Å². The van der Waals surface area contributed by atoms with Crippen molar-refractivity contribution < 1.29 is 0 Å². The Bertz CT molecular complexity index is 101. The highest BCUT2D eigenvalue weighted by Crippen LogP contribution is 2.34. The summed E-state index contributed by atoms with van der Waals surface area (Å²) in [5.74, 6) is 0.854. The molecule has 0 radical (unpaired) electrons. The Morgan fingerprint density at radius 1 is 1.00 bits per heavy atom. The SMILES string of the molecule is CC1(CCl)CCCCCCC1. The minimum absolute atomic E-state index is 0.460. The second kappa shape index (κ2) is 4.35. The molecular formula is C10H19Cl. The van der Waals surface area contributed by atoms with Crippen LogP contribution in [0.25, 0.3) is 0 Å².